The molecule has 0 atom stereocenters. The zero-order valence-electron chi connectivity index (χ0n) is 12.7. The molecular formula is C18H14N4O2. The van der Waals surface area contributed by atoms with Gasteiger partial charge in [0, 0.05) is 17.3 Å². The molecule has 6 nitrogen and oxygen atoms in total. The summed E-state index contributed by atoms with van der Waals surface area (Å²) in [4.78, 5) is 12.2. The second kappa shape index (κ2) is 7.11. The minimum absolute atomic E-state index is 0.251. The largest absolute Gasteiger partial charge is 0.489 e. The molecule has 0 saturated carbocycles. The zero-order valence-corrected chi connectivity index (χ0v) is 12.7. The van der Waals surface area contributed by atoms with Crippen LogP contribution in [0.2, 0.25) is 0 Å². The van der Waals surface area contributed by atoms with Gasteiger partial charge in [0.15, 0.2) is 0 Å². The Bertz CT molecular complexity index is 882. The number of anilines is 1. The van der Waals surface area contributed by atoms with Gasteiger partial charge in [-0.2, -0.15) is 10.4 Å². The highest BCUT2D eigenvalue weighted by atomic mass is 16.5. The molecule has 0 aliphatic carbocycles. The Balaban J connectivity index is 1.69. The molecule has 0 aliphatic heterocycles. The SMILES string of the molecule is N#Cc1ccccc1COc1cccc(C(=O)Nc2cn[nH]c2)c1. The van der Waals surface area contributed by atoms with Gasteiger partial charge in [0.25, 0.3) is 5.91 Å². The Morgan fingerprint density at radius 3 is 2.92 bits per heavy atom. The number of hydrogen-bond acceptors (Lipinski definition) is 4. The standard InChI is InChI=1S/C18H14N4O2/c19-9-14-4-1-2-5-15(14)12-24-17-7-3-6-13(8-17)18(23)22-16-10-20-21-11-16/h1-8,10-11H,12H2,(H,20,21)(H,22,23). The molecule has 2 aromatic carbocycles. The highest BCUT2D eigenvalue weighted by Crippen LogP contribution is 2.17. The van der Waals surface area contributed by atoms with E-state index in [1.807, 2.05) is 18.2 Å². The number of amides is 1. The number of aromatic nitrogens is 2. The van der Waals surface area contributed by atoms with Gasteiger partial charge in [-0.3, -0.25) is 9.89 Å². The van der Waals surface area contributed by atoms with Gasteiger partial charge in [-0.1, -0.05) is 24.3 Å². The van der Waals surface area contributed by atoms with Crippen molar-refractivity contribution in [2.45, 2.75) is 6.61 Å². The number of hydrogen-bond donors (Lipinski definition) is 2. The van der Waals surface area contributed by atoms with Gasteiger partial charge in [0.1, 0.15) is 12.4 Å². The first-order valence-electron chi connectivity index (χ1n) is 7.27. The lowest BCUT2D eigenvalue weighted by Crippen LogP contribution is -2.11. The molecule has 0 bridgehead atoms. The van der Waals surface area contributed by atoms with Crippen molar-refractivity contribution >= 4 is 11.6 Å². The van der Waals surface area contributed by atoms with E-state index in [2.05, 4.69) is 21.6 Å². The summed E-state index contributed by atoms with van der Waals surface area (Å²) in [7, 11) is 0. The fourth-order valence-electron chi connectivity index (χ4n) is 2.17. The van der Waals surface area contributed by atoms with Crippen LogP contribution in [0.1, 0.15) is 21.5 Å². The van der Waals surface area contributed by atoms with Crippen LogP contribution in [0, 0.1) is 11.3 Å². The number of nitrogens with one attached hydrogen (secondary N) is 2. The van der Waals surface area contributed by atoms with Crippen molar-refractivity contribution < 1.29 is 9.53 Å². The molecule has 0 spiro atoms. The van der Waals surface area contributed by atoms with E-state index in [9.17, 15) is 4.79 Å². The summed E-state index contributed by atoms with van der Waals surface area (Å²) in [5.41, 5.74) is 2.44. The fourth-order valence-corrected chi connectivity index (χ4v) is 2.17. The molecule has 6 heteroatoms. The molecule has 0 saturated heterocycles. The summed E-state index contributed by atoms with van der Waals surface area (Å²) in [6, 6.07) is 16.3. The maximum absolute atomic E-state index is 12.2. The molecule has 2 N–H and O–H groups in total. The zero-order chi connectivity index (χ0) is 16.8. The first-order chi connectivity index (χ1) is 11.8. The van der Waals surface area contributed by atoms with E-state index in [1.54, 1.807) is 36.5 Å². The molecule has 118 valence electrons. The number of rotatable bonds is 5. The van der Waals surface area contributed by atoms with Crippen LogP contribution in [0.3, 0.4) is 0 Å². The molecular weight excluding hydrogens is 304 g/mol. The Hall–Kier alpha value is -3.59. The summed E-state index contributed by atoms with van der Waals surface area (Å²) in [5.74, 6) is 0.307. The number of carbonyl (C=O) groups is 1. The van der Waals surface area contributed by atoms with Crippen molar-refractivity contribution in [3.63, 3.8) is 0 Å². The van der Waals surface area contributed by atoms with E-state index < -0.39 is 0 Å². The van der Waals surface area contributed by atoms with Crippen molar-refractivity contribution in [1.82, 2.24) is 10.2 Å². The van der Waals surface area contributed by atoms with Crippen molar-refractivity contribution in [3.05, 3.63) is 77.6 Å². The monoisotopic (exact) mass is 318 g/mol. The lowest BCUT2D eigenvalue weighted by atomic mass is 10.1. The molecule has 0 aliphatic rings. The summed E-state index contributed by atoms with van der Waals surface area (Å²) in [6.45, 7) is 0.260. The van der Waals surface area contributed by atoms with E-state index in [1.165, 1.54) is 6.20 Å². The van der Waals surface area contributed by atoms with Gasteiger partial charge < -0.3 is 10.1 Å². The number of aromatic amines is 1. The normalized spacial score (nSPS) is 9.96. The minimum Gasteiger partial charge on any atom is -0.489 e. The number of benzene rings is 2. The van der Waals surface area contributed by atoms with Crippen molar-refractivity contribution in [1.29, 1.82) is 5.26 Å². The molecule has 24 heavy (non-hydrogen) atoms. The van der Waals surface area contributed by atoms with Gasteiger partial charge in [-0.15, -0.1) is 0 Å². The Labute approximate surface area is 138 Å². The molecule has 3 rings (SSSR count). The van der Waals surface area contributed by atoms with Crippen LogP contribution in [0.25, 0.3) is 0 Å². The Morgan fingerprint density at radius 2 is 2.12 bits per heavy atom. The number of H-pyrrole nitrogens is 1. The molecule has 1 heterocycles. The molecule has 0 fully saturated rings. The third kappa shape index (κ3) is 3.59. The van der Waals surface area contributed by atoms with Crippen LogP contribution in [0.4, 0.5) is 5.69 Å². The van der Waals surface area contributed by atoms with E-state index >= 15 is 0 Å². The predicted octanol–water partition coefficient (Wildman–Crippen LogP) is 3.11. The summed E-state index contributed by atoms with van der Waals surface area (Å²) in [5, 5.41) is 18.2. The maximum Gasteiger partial charge on any atom is 0.255 e. The van der Waals surface area contributed by atoms with Gasteiger partial charge >= 0.3 is 0 Å². The van der Waals surface area contributed by atoms with Crippen molar-refractivity contribution in [2.75, 3.05) is 5.32 Å². The number of carbonyl (C=O) groups excluding carboxylic acids is 1. The summed E-state index contributed by atoms with van der Waals surface area (Å²) in [6.07, 6.45) is 3.12. The first kappa shape index (κ1) is 15.3. The van der Waals surface area contributed by atoms with Crippen LogP contribution < -0.4 is 10.1 Å². The lowest BCUT2D eigenvalue weighted by molar-refractivity contribution is 0.102. The van der Waals surface area contributed by atoms with Crippen LogP contribution in [-0.4, -0.2) is 16.1 Å². The van der Waals surface area contributed by atoms with Crippen LogP contribution in [0.15, 0.2) is 60.9 Å². The van der Waals surface area contributed by atoms with Gasteiger partial charge in [-0.25, -0.2) is 0 Å². The van der Waals surface area contributed by atoms with E-state index in [-0.39, 0.29) is 12.5 Å². The van der Waals surface area contributed by atoms with Crippen LogP contribution in [0.5, 0.6) is 5.75 Å². The van der Waals surface area contributed by atoms with Crippen LogP contribution in [-0.2, 0) is 6.61 Å². The predicted molar refractivity (Wildman–Crippen MR) is 88.5 cm³/mol. The Morgan fingerprint density at radius 1 is 1.25 bits per heavy atom. The van der Waals surface area contributed by atoms with E-state index in [4.69, 9.17) is 10.00 Å². The first-order valence-corrected chi connectivity index (χ1v) is 7.27. The topological polar surface area (TPSA) is 90.8 Å². The van der Waals surface area contributed by atoms with Gasteiger partial charge in [0.2, 0.25) is 0 Å². The van der Waals surface area contributed by atoms with E-state index in [0.717, 1.165) is 5.56 Å². The number of nitriles is 1. The second-order valence-corrected chi connectivity index (χ2v) is 5.03. The smallest absolute Gasteiger partial charge is 0.255 e. The summed E-state index contributed by atoms with van der Waals surface area (Å²) >= 11 is 0. The molecule has 1 aromatic heterocycles. The minimum atomic E-state index is -0.251. The van der Waals surface area contributed by atoms with E-state index in [0.29, 0.717) is 22.6 Å². The van der Waals surface area contributed by atoms with Gasteiger partial charge in [-0.05, 0) is 24.3 Å². The third-order valence-corrected chi connectivity index (χ3v) is 3.38. The lowest BCUT2D eigenvalue weighted by Gasteiger charge is -2.09. The average molecular weight is 318 g/mol. The third-order valence-electron chi connectivity index (χ3n) is 3.38. The van der Waals surface area contributed by atoms with Crippen molar-refractivity contribution in [2.24, 2.45) is 0 Å². The highest BCUT2D eigenvalue weighted by molar-refractivity contribution is 6.04. The molecule has 0 radical (unpaired) electrons. The number of ether oxygens (including phenoxy) is 1. The fraction of sp³-hybridized carbons (Fsp3) is 0.0556. The number of nitrogens with zero attached hydrogens (tertiary/aromatic N) is 2. The molecule has 0 unspecified atom stereocenters. The van der Waals surface area contributed by atoms with Gasteiger partial charge in [0.05, 0.1) is 23.5 Å². The Kier molecular flexibility index (Phi) is 4.54. The quantitative estimate of drug-likeness (QED) is 0.756. The molecule has 1 amide bonds. The average Bonchev–Trinajstić information content (AvgIpc) is 3.13. The highest BCUT2D eigenvalue weighted by Gasteiger charge is 2.08. The van der Waals surface area contributed by atoms with Crippen LogP contribution >= 0.6 is 0 Å². The molecule has 3 aromatic rings. The summed E-state index contributed by atoms with van der Waals surface area (Å²) < 4.78 is 5.71. The maximum atomic E-state index is 12.2. The van der Waals surface area contributed by atoms with Crippen molar-refractivity contribution in [3.8, 4) is 11.8 Å². The second-order valence-electron chi connectivity index (χ2n) is 5.03.